The Kier molecular flexibility index (Phi) is 11.8. The average molecular weight is 515 g/mol. The van der Waals surface area contributed by atoms with Crippen molar-refractivity contribution in [1.82, 2.24) is 15.5 Å². The van der Waals surface area contributed by atoms with Gasteiger partial charge in [0.1, 0.15) is 17.7 Å². The first-order valence-electron chi connectivity index (χ1n) is 12.6. The Labute approximate surface area is 214 Å². The zero-order valence-corrected chi connectivity index (χ0v) is 23.1. The summed E-state index contributed by atoms with van der Waals surface area (Å²) in [6.45, 7) is 14.0. The largest absolute Gasteiger partial charge is 0.458 e. The number of carbonyl (C=O) groups is 4. The molecule has 4 atom stereocenters. The molecule has 5 N–H and O–H groups in total. The quantitative estimate of drug-likeness (QED) is 0.289. The molecule has 11 heteroatoms. The Morgan fingerprint density at radius 2 is 1.64 bits per heavy atom. The topological polar surface area (TPSA) is 160 Å². The molecule has 1 rings (SSSR count). The van der Waals surface area contributed by atoms with E-state index in [4.69, 9.17) is 15.2 Å². The highest BCUT2D eigenvalue weighted by molar-refractivity contribution is 5.94. The highest BCUT2D eigenvalue weighted by Crippen LogP contribution is 2.20. The van der Waals surface area contributed by atoms with Crippen molar-refractivity contribution in [2.24, 2.45) is 11.7 Å². The lowest BCUT2D eigenvalue weighted by Crippen LogP contribution is -2.58. The normalized spacial score (nSPS) is 19.0. The van der Waals surface area contributed by atoms with E-state index < -0.39 is 65.7 Å². The lowest BCUT2D eigenvalue weighted by atomic mass is 10.0. The summed E-state index contributed by atoms with van der Waals surface area (Å²) in [7, 11) is 0. The smallest absolute Gasteiger partial charge is 0.331 e. The number of esters is 1. The van der Waals surface area contributed by atoms with E-state index in [0.717, 1.165) is 0 Å². The first-order chi connectivity index (χ1) is 16.4. The highest BCUT2D eigenvalue weighted by atomic mass is 16.6. The van der Waals surface area contributed by atoms with Crippen molar-refractivity contribution in [3.8, 4) is 0 Å². The number of ether oxygens (including phenoxy) is 2. The fourth-order valence-electron chi connectivity index (χ4n) is 3.73. The molecular formula is C25H46N4O7. The van der Waals surface area contributed by atoms with E-state index in [2.05, 4.69) is 10.6 Å². The van der Waals surface area contributed by atoms with Crippen molar-refractivity contribution in [2.45, 2.75) is 110 Å². The molecule has 0 spiro atoms. The number of likely N-dealkylation sites (tertiary alicyclic amines) is 1. The van der Waals surface area contributed by atoms with Crippen molar-refractivity contribution in [3.63, 3.8) is 0 Å². The second-order valence-corrected chi connectivity index (χ2v) is 11.7. The number of nitrogens with one attached hydrogen (secondary N) is 2. The highest BCUT2D eigenvalue weighted by Gasteiger charge is 2.39. The van der Waals surface area contributed by atoms with Gasteiger partial charge in [-0.05, 0) is 66.7 Å². The molecule has 0 aliphatic carbocycles. The number of nitrogens with two attached hydrogens (primary N) is 1. The van der Waals surface area contributed by atoms with Crippen molar-refractivity contribution in [1.29, 1.82) is 0 Å². The number of aliphatic hydroxyl groups excluding tert-OH is 1. The minimum atomic E-state index is -1.23. The second kappa shape index (κ2) is 13.3. The van der Waals surface area contributed by atoms with E-state index in [1.807, 2.05) is 34.6 Å². The van der Waals surface area contributed by atoms with Crippen LogP contribution in [0.15, 0.2) is 0 Å². The molecule has 36 heavy (non-hydrogen) atoms. The predicted molar refractivity (Wildman–Crippen MR) is 135 cm³/mol. The van der Waals surface area contributed by atoms with Gasteiger partial charge in [0.2, 0.25) is 17.7 Å². The van der Waals surface area contributed by atoms with Gasteiger partial charge in [0.15, 0.2) is 6.04 Å². The van der Waals surface area contributed by atoms with Gasteiger partial charge in [-0.1, -0.05) is 13.8 Å². The van der Waals surface area contributed by atoms with Crippen LogP contribution in [0, 0.1) is 5.92 Å². The van der Waals surface area contributed by atoms with Crippen LogP contribution in [0.5, 0.6) is 0 Å². The molecule has 0 radical (unpaired) electrons. The van der Waals surface area contributed by atoms with Gasteiger partial charge in [0.05, 0.1) is 24.9 Å². The first kappa shape index (κ1) is 31.8. The minimum Gasteiger partial charge on any atom is -0.458 e. The van der Waals surface area contributed by atoms with Gasteiger partial charge < -0.3 is 35.8 Å². The van der Waals surface area contributed by atoms with Crippen LogP contribution >= 0.6 is 0 Å². The number of aliphatic hydroxyl groups is 1. The summed E-state index contributed by atoms with van der Waals surface area (Å²) in [6.07, 6.45) is 1.35. The summed E-state index contributed by atoms with van der Waals surface area (Å²) >= 11 is 0. The standard InChI is InChI=1S/C25H46N4O7/c1-15(2)12-16(26)20(31)27-17(13-30)22(33)29-11-9-10-19(29)21(32)28-18(14-35-24(3,4)5)23(34)36-25(6,7)8/h15-19,30H,9-14,26H2,1-8H3,(H,27,31)(H,28,32)/t16-,17-,18-,19-/m0/s1. The van der Waals surface area contributed by atoms with Crippen LogP contribution in [0.25, 0.3) is 0 Å². The van der Waals surface area contributed by atoms with Gasteiger partial charge in [-0.15, -0.1) is 0 Å². The third-order valence-corrected chi connectivity index (χ3v) is 5.39. The predicted octanol–water partition coefficient (Wildman–Crippen LogP) is 0.470. The molecule has 3 amide bonds. The van der Waals surface area contributed by atoms with Crippen molar-refractivity contribution in [3.05, 3.63) is 0 Å². The van der Waals surface area contributed by atoms with E-state index in [0.29, 0.717) is 19.3 Å². The van der Waals surface area contributed by atoms with Crippen LogP contribution in [-0.2, 0) is 28.7 Å². The Morgan fingerprint density at radius 3 is 2.14 bits per heavy atom. The van der Waals surface area contributed by atoms with Crippen LogP contribution in [0.4, 0.5) is 0 Å². The summed E-state index contributed by atoms with van der Waals surface area (Å²) in [5, 5.41) is 15.0. The van der Waals surface area contributed by atoms with Crippen LogP contribution in [0.1, 0.15) is 74.7 Å². The lowest BCUT2D eigenvalue weighted by molar-refractivity contribution is -0.162. The molecule has 0 aromatic heterocycles. The van der Waals surface area contributed by atoms with Gasteiger partial charge in [0, 0.05) is 6.54 Å². The third-order valence-electron chi connectivity index (χ3n) is 5.39. The monoisotopic (exact) mass is 514 g/mol. The number of amides is 3. The van der Waals surface area contributed by atoms with Crippen molar-refractivity contribution in [2.75, 3.05) is 19.8 Å². The van der Waals surface area contributed by atoms with Crippen molar-refractivity contribution < 1.29 is 33.8 Å². The van der Waals surface area contributed by atoms with Gasteiger partial charge in [0.25, 0.3) is 0 Å². The molecule has 1 aliphatic rings. The zero-order valence-electron chi connectivity index (χ0n) is 23.1. The lowest BCUT2D eigenvalue weighted by Gasteiger charge is -2.31. The summed E-state index contributed by atoms with van der Waals surface area (Å²) < 4.78 is 11.2. The summed E-state index contributed by atoms with van der Waals surface area (Å²) in [5.41, 5.74) is 4.58. The van der Waals surface area contributed by atoms with Gasteiger partial charge >= 0.3 is 5.97 Å². The maximum Gasteiger partial charge on any atom is 0.331 e. The van der Waals surface area contributed by atoms with E-state index in [9.17, 15) is 24.3 Å². The number of hydrogen-bond acceptors (Lipinski definition) is 8. The number of carbonyl (C=O) groups excluding carboxylic acids is 4. The maximum absolute atomic E-state index is 13.2. The molecule has 1 aliphatic heterocycles. The number of nitrogens with zero attached hydrogens (tertiary/aromatic N) is 1. The van der Waals surface area contributed by atoms with E-state index in [1.165, 1.54) is 4.90 Å². The van der Waals surface area contributed by atoms with Crippen LogP contribution < -0.4 is 16.4 Å². The van der Waals surface area contributed by atoms with E-state index in [-0.39, 0.29) is 19.1 Å². The third kappa shape index (κ3) is 10.8. The molecule has 0 saturated carbocycles. The second-order valence-electron chi connectivity index (χ2n) is 11.7. The molecule has 1 saturated heterocycles. The molecule has 11 nitrogen and oxygen atoms in total. The Balaban J connectivity index is 2.95. The molecule has 0 aromatic carbocycles. The summed E-state index contributed by atoms with van der Waals surface area (Å²) in [5.74, 6) is -2.12. The Bertz CT molecular complexity index is 773. The average Bonchev–Trinajstić information content (AvgIpc) is 3.21. The van der Waals surface area contributed by atoms with Crippen LogP contribution in [0.3, 0.4) is 0 Å². The van der Waals surface area contributed by atoms with Gasteiger partial charge in [-0.25, -0.2) is 4.79 Å². The van der Waals surface area contributed by atoms with Gasteiger partial charge in [-0.3, -0.25) is 14.4 Å². The molecule has 0 aromatic rings. The fraction of sp³-hybridized carbons (Fsp3) is 0.840. The molecular weight excluding hydrogens is 468 g/mol. The summed E-state index contributed by atoms with van der Waals surface area (Å²) in [6, 6.07) is -3.99. The fourth-order valence-corrected chi connectivity index (χ4v) is 3.73. The molecule has 0 unspecified atom stereocenters. The van der Waals surface area contributed by atoms with E-state index in [1.54, 1.807) is 20.8 Å². The SMILES string of the molecule is CC(C)C[C@H](N)C(=O)N[C@@H](CO)C(=O)N1CCC[C@H]1C(=O)N[C@@H](COC(C)(C)C)C(=O)OC(C)(C)C. The van der Waals surface area contributed by atoms with Gasteiger partial charge in [-0.2, -0.15) is 0 Å². The maximum atomic E-state index is 13.2. The van der Waals surface area contributed by atoms with Crippen LogP contribution in [0.2, 0.25) is 0 Å². The minimum absolute atomic E-state index is 0.103. The number of rotatable bonds is 11. The van der Waals surface area contributed by atoms with Crippen LogP contribution in [-0.4, -0.2) is 88.8 Å². The first-order valence-corrected chi connectivity index (χ1v) is 12.6. The summed E-state index contributed by atoms with van der Waals surface area (Å²) in [4.78, 5) is 52.8. The number of hydrogen-bond donors (Lipinski definition) is 4. The molecule has 1 fully saturated rings. The Morgan fingerprint density at radius 1 is 1.03 bits per heavy atom. The Hall–Kier alpha value is -2.24. The zero-order chi connectivity index (χ0) is 27.8. The molecule has 1 heterocycles. The molecule has 0 bridgehead atoms. The molecule has 208 valence electrons. The van der Waals surface area contributed by atoms with E-state index >= 15 is 0 Å². The van der Waals surface area contributed by atoms with Crippen molar-refractivity contribution >= 4 is 23.7 Å².